The van der Waals surface area contributed by atoms with Crippen molar-refractivity contribution < 1.29 is 9.18 Å². The van der Waals surface area contributed by atoms with E-state index < -0.39 is 0 Å². The zero-order chi connectivity index (χ0) is 17.1. The molecule has 6 heteroatoms. The molecule has 1 aliphatic heterocycles. The number of amides is 1. The van der Waals surface area contributed by atoms with Crippen molar-refractivity contribution in [1.29, 1.82) is 0 Å². The molecule has 1 N–H and O–H groups in total. The maximum atomic E-state index is 13.0. The molecule has 1 aromatic carbocycles. The van der Waals surface area contributed by atoms with Gasteiger partial charge in [-0.3, -0.25) is 9.69 Å². The SMILES string of the molecule is CCCN1CCn2cc(C(=O)N[C@H](C)c3ccc(F)cc3)nc2C1. The van der Waals surface area contributed by atoms with Crippen molar-refractivity contribution in [1.82, 2.24) is 19.8 Å². The maximum absolute atomic E-state index is 13.0. The molecule has 1 amide bonds. The Morgan fingerprint density at radius 3 is 2.79 bits per heavy atom. The van der Waals surface area contributed by atoms with Gasteiger partial charge in [-0.15, -0.1) is 0 Å². The Hall–Kier alpha value is -2.21. The van der Waals surface area contributed by atoms with Crippen LogP contribution in [0.15, 0.2) is 30.5 Å². The van der Waals surface area contributed by atoms with Crippen LogP contribution in [0.5, 0.6) is 0 Å². The Morgan fingerprint density at radius 1 is 1.33 bits per heavy atom. The predicted octanol–water partition coefficient (Wildman–Crippen LogP) is 2.74. The number of rotatable bonds is 5. The highest BCUT2D eigenvalue weighted by molar-refractivity contribution is 5.92. The largest absolute Gasteiger partial charge is 0.344 e. The number of halogens is 1. The number of hydrogen-bond donors (Lipinski definition) is 1. The summed E-state index contributed by atoms with van der Waals surface area (Å²) in [6, 6.07) is 5.96. The zero-order valence-corrected chi connectivity index (χ0v) is 14.1. The van der Waals surface area contributed by atoms with E-state index in [9.17, 15) is 9.18 Å². The minimum absolute atomic E-state index is 0.198. The molecule has 1 aliphatic rings. The summed E-state index contributed by atoms with van der Waals surface area (Å²) in [6.45, 7) is 7.74. The van der Waals surface area contributed by atoms with Gasteiger partial charge >= 0.3 is 0 Å². The molecule has 0 saturated carbocycles. The van der Waals surface area contributed by atoms with E-state index in [0.29, 0.717) is 5.69 Å². The van der Waals surface area contributed by atoms with Crippen LogP contribution >= 0.6 is 0 Å². The Bertz CT molecular complexity index is 710. The summed E-state index contributed by atoms with van der Waals surface area (Å²) in [7, 11) is 0. The van der Waals surface area contributed by atoms with E-state index in [1.54, 1.807) is 12.1 Å². The number of hydrogen-bond acceptors (Lipinski definition) is 3. The molecule has 1 atom stereocenters. The number of imidazole rings is 1. The highest BCUT2D eigenvalue weighted by Crippen LogP contribution is 2.16. The molecule has 0 fully saturated rings. The Labute approximate surface area is 141 Å². The summed E-state index contributed by atoms with van der Waals surface area (Å²) in [6.07, 6.45) is 2.94. The molecule has 0 bridgehead atoms. The van der Waals surface area contributed by atoms with Crippen molar-refractivity contribution in [2.24, 2.45) is 0 Å². The van der Waals surface area contributed by atoms with E-state index in [1.807, 2.05) is 13.1 Å². The lowest BCUT2D eigenvalue weighted by Crippen LogP contribution is -2.34. The number of nitrogens with one attached hydrogen (secondary N) is 1. The number of benzene rings is 1. The second-order valence-corrected chi connectivity index (χ2v) is 6.26. The van der Waals surface area contributed by atoms with Crippen LogP contribution in [-0.2, 0) is 13.1 Å². The fraction of sp³-hybridized carbons (Fsp3) is 0.444. The van der Waals surface area contributed by atoms with Gasteiger partial charge < -0.3 is 9.88 Å². The Balaban J connectivity index is 1.66. The molecule has 2 heterocycles. The molecular formula is C18H23FN4O. The average Bonchev–Trinajstić information content (AvgIpc) is 2.99. The molecule has 128 valence electrons. The lowest BCUT2D eigenvalue weighted by molar-refractivity contribution is 0.0935. The fourth-order valence-electron chi connectivity index (χ4n) is 3.02. The van der Waals surface area contributed by atoms with Crippen molar-refractivity contribution >= 4 is 5.91 Å². The predicted molar refractivity (Wildman–Crippen MR) is 90.1 cm³/mol. The number of carbonyl (C=O) groups is 1. The summed E-state index contributed by atoms with van der Waals surface area (Å²) >= 11 is 0. The number of nitrogens with zero attached hydrogens (tertiary/aromatic N) is 3. The van der Waals surface area contributed by atoms with Crippen molar-refractivity contribution in [2.45, 2.75) is 39.4 Å². The van der Waals surface area contributed by atoms with Gasteiger partial charge in [0.05, 0.1) is 12.6 Å². The van der Waals surface area contributed by atoms with Crippen LogP contribution in [0.1, 0.15) is 48.2 Å². The minimum atomic E-state index is -0.282. The average molecular weight is 330 g/mol. The fourth-order valence-corrected chi connectivity index (χ4v) is 3.02. The van der Waals surface area contributed by atoms with Gasteiger partial charge in [0.15, 0.2) is 0 Å². The van der Waals surface area contributed by atoms with E-state index in [-0.39, 0.29) is 17.8 Å². The molecule has 0 spiro atoms. The third-order valence-electron chi connectivity index (χ3n) is 4.37. The Morgan fingerprint density at radius 2 is 2.08 bits per heavy atom. The molecule has 5 nitrogen and oxygen atoms in total. The maximum Gasteiger partial charge on any atom is 0.271 e. The molecular weight excluding hydrogens is 307 g/mol. The first-order chi connectivity index (χ1) is 11.6. The number of aromatic nitrogens is 2. The summed E-state index contributed by atoms with van der Waals surface area (Å²) in [5, 5.41) is 2.93. The second kappa shape index (κ2) is 7.13. The van der Waals surface area contributed by atoms with Gasteiger partial charge in [0, 0.05) is 19.3 Å². The quantitative estimate of drug-likeness (QED) is 0.917. The first kappa shape index (κ1) is 16.6. The second-order valence-electron chi connectivity index (χ2n) is 6.26. The monoisotopic (exact) mass is 330 g/mol. The summed E-state index contributed by atoms with van der Waals surface area (Å²) in [5.74, 6) is 0.459. The van der Waals surface area contributed by atoms with Crippen LogP contribution in [0.2, 0.25) is 0 Å². The zero-order valence-electron chi connectivity index (χ0n) is 14.1. The summed E-state index contributed by atoms with van der Waals surface area (Å²) in [5.41, 5.74) is 1.31. The van der Waals surface area contributed by atoms with Gasteiger partial charge in [-0.1, -0.05) is 19.1 Å². The van der Waals surface area contributed by atoms with Crippen molar-refractivity contribution in [3.8, 4) is 0 Å². The molecule has 0 aliphatic carbocycles. The molecule has 1 aromatic heterocycles. The number of carbonyl (C=O) groups excluding carboxylic acids is 1. The molecule has 24 heavy (non-hydrogen) atoms. The van der Waals surface area contributed by atoms with Crippen LogP contribution in [-0.4, -0.2) is 33.4 Å². The lowest BCUT2D eigenvalue weighted by Gasteiger charge is -2.26. The normalized spacial score (nSPS) is 15.8. The first-order valence-electron chi connectivity index (χ1n) is 8.41. The molecule has 0 saturated heterocycles. The third-order valence-corrected chi connectivity index (χ3v) is 4.37. The molecule has 0 radical (unpaired) electrons. The standard InChI is InChI=1S/C18H23FN4O/c1-3-8-22-9-10-23-11-16(21-17(23)12-22)18(24)20-13(2)14-4-6-15(19)7-5-14/h4-7,11,13H,3,8-10,12H2,1-2H3,(H,20,24)/t13-/m1/s1. The van der Waals surface area contributed by atoms with Gasteiger partial charge in [-0.25, -0.2) is 9.37 Å². The van der Waals surface area contributed by atoms with Crippen LogP contribution in [0, 0.1) is 5.82 Å². The molecule has 0 unspecified atom stereocenters. The smallest absolute Gasteiger partial charge is 0.271 e. The minimum Gasteiger partial charge on any atom is -0.344 e. The van der Waals surface area contributed by atoms with Gasteiger partial charge in [0.1, 0.15) is 17.3 Å². The van der Waals surface area contributed by atoms with Gasteiger partial charge in [0.2, 0.25) is 0 Å². The van der Waals surface area contributed by atoms with Crippen LogP contribution in [0.3, 0.4) is 0 Å². The highest BCUT2D eigenvalue weighted by Gasteiger charge is 2.21. The van der Waals surface area contributed by atoms with E-state index in [2.05, 4.69) is 26.7 Å². The van der Waals surface area contributed by atoms with Crippen LogP contribution in [0.25, 0.3) is 0 Å². The van der Waals surface area contributed by atoms with Crippen molar-refractivity contribution in [3.05, 3.63) is 53.4 Å². The first-order valence-corrected chi connectivity index (χ1v) is 8.41. The van der Waals surface area contributed by atoms with Gasteiger partial charge in [0.25, 0.3) is 5.91 Å². The van der Waals surface area contributed by atoms with E-state index in [1.165, 1.54) is 12.1 Å². The van der Waals surface area contributed by atoms with E-state index in [4.69, 9.17) is 0 Å². The third kappa shape index (κ3) is 3.64. The Kier molecular flexibility index (Phi) is 4.94. The van der Waals surface area contributed by atoms with Gasteiger partial charge in [-0.2, -0.15) is 0 Å². The van der Waals surface area contributed by atoms with Crippen molar-refractivity contribution in [3.63, 3.8) is 0 Å². The topological polar surface area (TPSA) is 50.2 Å². The lowest BCUT2D eigenvalue weighted by atomic mass is 10.1. The summed E-state index contributed by atoms with van der Waals surface area (Å²) < 4.78 is 15.1. The van der Waals surface area contributed by atoms with E-state index in [0.717, 1.165) is 44.0 Å². The van der Waals surface area contributed by atoms with Crippen LogP contribution in [0.4, 0.5) is 4.39 Å². The number of fused-ring (bicyclic) bond motifs is 1. The van der Waals surface area contributed by atoms with Crippen molar-refractivity contribution in [2.75, 3.05) is 13.1 Å². The van der Waals surface area contributed by atoms with Gasteiger partial charge in [-0.05, 0) is 37.6 Å². The van der Waals surface area contributed by atoms with E-state index >= 15 is 0 Å². The molecule has 3 rings (SSSR count). The van der Waals surface area contributed by atoms with Crippen LogP contribution < -0.4 is 5.32 Å². The highest BCUT2D eigenvalue weighted by atomic mass is 19.1. The molecule has 2 aromatic rings. The summed E-state index contributed by atoms with van der Waals surface area (Å²) in [4.78, 5) is 19.3.